The lowest BCUT2D eigenvalue weighted by atomic mass is 10.1. The molecule has 0 unspecified atom stereocenters. The summed E-state index contributed by atoms with van der Waals surface area (Å²) in [4.78, 5) is 21.1. The number of nitrogens with zero attached hydrogens (tertiary/aromatic N) is 2. The second kappa shape index (κ2) is 4.04. The molecule has 0 spiro atoms. The summed E-state index contributed by atoms with van der Waals surface area (Å²) < 4.78 is 0. The first-order valence-corrected chi connectivity index (χ1v) is 5.45. The molecule has 2 heterocycles. The van der Waals surface area contributed by atoms with Gasteiger partial charge in [-0.25, -0.2) is 4.98 Å². The standard InChI is InChI=1S/C11H17N3O/c1-8(2)5-11(15)14-4-3-9-10(6-14)13-7-12-9/h7-8H,3-6H2,1-2H3,(H,12,13). The van der Waals surface area contributed by atoms with Crippen molar-refractivity contribution in [2.24, 2.45) is 5.92 Å². The first-order chi connectivity index (χ1) is 7.16. The van der Waals surface area contributed by atoms with Gasteiger partial charge in [-0.05, 0) is 5.92 Å². The molecule has 0 saturated carbocycles. The molecule has 1 aliphatic rings. The van der Waals surface area contributed by atoms with E-state index in [9.17, 15) is 4.79 Å². The number of rotatable bonds is 2. The highest BCUT2D eigenvalue weighted by Gasteiger charge is 2.22. The minimum Gasteiger partial charge on any atom is -0.348 e. The molecule has 0 saturated heterocycles. The van der Waals surface area contributed by atoms with E-state index in [1.807, 2.05) is 4.90 Å². The molecule has 0 radical (unpaired) electrons. The van der Waals surface area contributed by atoms with Gasteiger partial charge in [0.05, 0.1) is 18.6 Å². The minimum absolute atomic E-state index is 0.249. The molecule has 1 amide bonds. The average Bonchev–Trinajstić information content (AvgIpc) is 2.62. The summed E-state index contributed by atoms with van der Waals surface area (Å²) in [5.74, 6) is 0.678. The molecule has 15 heavy (non-hydrogen) atoms. The van der Waals surface area contributed by atoms with Crippen LogP contribution in [0.1, 0.15) is 31.7 Å². The summed E-state index contributed by atoms with van der Waals surface area (Å²) in [5.41, 5.74) is 2.21. The fourth-order valence-electron chi connectivity index (χ4n) is 1.90. The molecule has 0 fully saturated rings. The van der Waals surface area contributed by atoms with Gasteiger partial charge < -0.3 is 9.88 Å². The Morgan fingerprint density at radius 2 is 2.47 bits per heavy atom. The molecule has 1 aromatic heterocycles. The lowest BCUT2D eigenvalue weighted by Crippen LogP contribution is -2.36. The molecule has 0 bridgehead atoms. The third-order valence-electron chi connectivity index (χ3n) is 2.72. The smallest absolute Gasteiger partial charge is 0.223 e. The van der Waals surface area contributed by atoms with Crippen LogP contribution in [0.15, 0.2) is 6.33 Å². The Balaban J connectivity index is 2.00. The molecule has 0 atom stereocenters. The molecule has 0 aromatic carbocycles. The van der Waals surface area contributed by atoms with Gasteiger partial charge in [-0.15, -0.1) is 0 Å². The summed E-state index contributed by atoms with van der Waals surface area (Å²) in [5, 5.41) is 0. The van der Waals surface area contributed by atoms with Gasteiger partial charge in [0.25, 0.3) is 0 Å². The van der Waals surface area contributed by atoms with E-state index in [1.165, 1.54) is 5.69 Å². The number of aromatic amines is 1. The third-order valence-corrected chi connectivity index (χ3v) is 2.72. The molecule has 4 heteroatoms. The zero-order chi connectivity index (χ0) is 10.8. The van der Waals surface area contributed by atoms with Crippen LogP contribution in [-0.2, 0) is 17.8 Å². The SMILES string of the molecule is CC(C)CC(=O)N1CCc2[nH]cnc2C1. The van der Waals surface area contributed by atoms with E-state index < -0.39 is 0 Å². The topological polar surface area (TPSA) is 49.0 Å². The van der Waals surface area contributed by atoms with Crippen molar-refractivity contribution >= 4 is 5.91 Å². The number of carbonyl (C=O) groups excluding carboxylic acids is 1. The Kier molecular flexibility index (Phi) is 2.75. The van der Waals surface area contributed by atoms with Crippen molar-refractivity contribution in [2.75, 3.05) is 6.54 Å². The van der Waals surface area contributed by atoms with Crippen LogP contribution in [0.5, 0.6) is 0 Å². The number of aromatic nitrogens is 2. The van der Waals surface area contributed by atoms with Gasteiger partial charge in [-0.3, -0.25) is 4.79 Å². The van der Waals surface area contributed by atoms with E-state index in [-0.39, 0.29) is 5.91 Å². The van der Waals surface area contributed by atoms with Gasteiger partial charge in [0, 0.05) is 25.1 Å². The molecule has 4 nitrogen and oxygen atoms in total. The first kappa shape index (κ1) is 10.2. The Morgan fingerprint density at radius 3 is 3.20 bits per heavy atom. The van der Waals surface area contributed by atoms with Crippen LogP contribution in [0.4, 0.5) is 0 Å². The van der Waals surface area contributed by atoms with Crippen LogP contribution >= 0.6 is 0 Å². The third kappa shape index (κ3) is 2.19. The van der Waals surface area contributed by atoms with Crippen molar-refractivity contribution < 1.29 is 4.79 Å². The number of imidazole rings is 1. The summed E-state index contributed by atoms with van der Waals surface area (Å²) in [6.07, 6.45) is 3.25. The van der Waals surface area contributed by atoms with E-state index in [0.29, 0.717) is 18.9 Å². The number of hydrogen-bond acceptors (Lipinski definition) is 2. The number of fused-ring (bicyclic) bond motifs is 1. The summed E-state index contributed by atoms with van der Waals surface area (Å²) >= 11 is 0. The van der Waals surface area contributed by atoms with Crippen molar-refractivity contribution in [2.45, 2.75) is 33.2 Å². The predicted octanol–water partition coefficient (Wildman–Crippen LogP) is 1.34. The van der Waals surface area contributed by atoms with Crippen molar-refractivity contribution in [3.63, 3.8) is 0 Å². The van der Waals surface area contributed by atoms with E-state index >= 15 is 0 Å². The molecule has 2 rings (SSSR count). The average molecular weight is 207 g/mol. The van der Waals surface area contributed by atoms with Gasteiger partial charge in [-0.2, -0.15) is 0 Å². The molecular formula is C11H17N3O. The first-order valence-electron chi connectivity index (χ1n) is 5.45. The Morgan fingerprint density at radius 1 is 1.67 bits per heavy atom. The monoisotopic (exact) mass is 207 g/mol. The zero-order valence-electron chi connectivity index (χ0n) is 9.29. The van der Waals surface area contributed by atoms with Crippen molar-refractivity contribution in [3.05, 3.63) is 17.7 Å². The Hall–Kier alpha value is -1.32. The lowest BCUT2D eigenvalue weighted by Gasteiger charge is -2.26. The quantitative estimate of drug-likeness (QED) is 0.795. The van der Waals surface area contributed by atoms with Crippen LogP contribution in [0.3, 0.4) is 0 Å². The van der Waals surface area contributed by atoms with Crippen molar-refractivity contribution in [3.8, 4) is 0 Å². The van der Waals surface area contributed by atoms with Gasteiger partial charge in [0.2, 0.25) is 5.91 Å². The summed E-state index contributed by atoms with van der Waals surface area (Å²) in [6, 6.07) is 0. The predicted molar refractivity (Wildman–Crippen MR) is 57.2 cm³/mol. The second-order valence-corrected chi connectivity index (χ2v) is 4.49. The highest BCUT2D eigenvalue weighted by Crippen LogP contribution is 2.16. The number of H-pyrrole nitrogens is 1. The maximum Gasteiger partial charge on any atom is 0.223 e. The largest absolute Gasteiger partial charge is 0.348 e. The van der Waals surface area contributed by atoms with E-state index in [1.54, 1.807) is 6.33 Å². The lowest BCUT2D eigenvalue weighted by molar-refractivity contribution is -0.132. The molecule has 82 valence electrons. The highest BCUT2D eigenvalue weighted by atomic mass is 16.2. The maximum atomic E-state index is 11.8. The molecule has 1 aromatic rings. The van der Waals surface area contributed by atoms with Crippen LogP contribution in [0.2, 0.25) is 0 Å². The minimum atomic E-state index is 0.249. The van der Waals surface area contributed by atoms with E-state index in [2.05, 4.69) is 23.8 Å². The second-order valence-electron chi connectivity index (χ2n) is 4.49. The normalized spacial score (nSPS) is 15.5. The Labute approximate surface area is 89.7 Å². The summed E-state index contributed by atoms with van der Waals surface area (Å²) in [6.45, 7) is 5.63. The van der Waals surface area contributed by atoms with Crippen LogP contribution in [-0.4, -0.2) is 27.3 Å². The molecular weight excluding hydrogens is 190 g/mol. The molecule has 1 N–H and O–H groups in total. The van der Waals surface area contributed by atoms with Gasteiger partial charge in [-0.1, -0.05) is 13.8 Å². The van der Waals surface area contributed by atoms with Crippen LogP contribution in [0, 0.1) is 5.92 Å². The van der Waals surface area contributed by atoms with E-state index in [4.69, 9.17) is 0 Å². The van der Waals surface area contributed by atoms with Crippen LogP contribution < -0.4 is 0 Å². The van der Waals surface area contributed by atoms with Crippen molar-refractivity contribution in [1.29, 1.82) is 0 Å². The maximum absolute atomic E-state index is 11.8. The highest BCUT2D eigenvalue weighted by molar-refractivity contribution is 5.76. The van der Waals surface area contributed by atoms with Crippen molar-refractivity contribution in [1.82, 2.24) is 14.9 Å². The fraction of sp³-hybridized carbons (Fsp3) is 0.636. The number of amides is 1. The fourth-order valence-corrected chi connectivity index (χ4v) is 1.90. The number of nitrogens with one attached hydrogen (secondary N) is 1. The zero-order valence-corrected chi connectivity index (χ0v) is 9.29. The Bertz CT molecular complexity index is 356. The molecule has 1 aliphatic heterocycles. The number of carbonyl (C=O) groups is 1. The summed E-state index contributed by atoms with van der Waals surface area (Å²) in [7, 11) is 0. The van der Waals surface area contributed by atoms with Gasteiger partial charge >= 0.3 is 0 Å². The van der Waals surface area contributed by atoms with Gasteiger partial charge in [0.1, 0.15) is 0 Å². The number of hydrogen-bond donors (Lipinski definition) is 1. The molecule has 0 aliphatic carbocycles. The van der Waals surface area contributed by atoms with Gasteiger partial charge in [0.15, 0.2) is 0 Å². The van der Waals surface area contributed by atoms with E-state index in [0.717, 1.165) is 18.7 Å². The van der Waals surface area contributed by atoms with Crippen LogP contribution in [0.25, 0.3) is 0 Å².